The molecule has 15 nitrogen and oxygen atoms in total. The first kappa shape index (κ1) is 129. The maximum absolute atomic E-state index is 12.9. The number of hydrogen-bond donors (Lipinski definition) is 0. The van der Waals surface area contributed by atoms with Gasteiger partial charge in [0.25, 0.3) is 0 Å². The number of aldehydes is 3. The third-order valence-corrected chi connectivity index (χ3v) is 26.2. The Morgan fingerprint density at radius 3 is 0.470 bits per heavy atom. The molecule has 0 amide bonds. The van der Waals surface area contributed by atoms with Crippen LogP contribution in [0.1, 0.15) is 600 Å². The van der Waals surface area contributed by atoms with E-state index in [2.05, 4.69) is 78.0 Å². The van der Waals surface area contributed by atoms with Gasteiger partial charge in [-0.3, -0.25) is 28.8 Å². The molecule has 15 heteroatoms. The number of unbranched alkanes of at least 4 members (excludes halogenated alkanes) is 63. The topological polar surface area (TPSA) is 209 Å². The largest absolute Gasteiger partial charge is 0.462 e. The van der Waals surface area contributed by atoms with Gasteiger partial charge in [-0.2, -0.15) is 0 Å². The quantitative estimate of drug-likeness (QED) is 0.0182. The standard InChI is InChI=1S/C60H110O9.C57H104O6/c1-4-7-10-13-16-24-33-42-56(51-63)45-36-27-21-30-39-48-60(66)69-57(52-67-58(64)46-37-28-19-17-25-34-43-54(49-61)40-31-22-14-11-8-5-2)53-68-59(65)47-38-29-20-18-26-35-44-55(50-62)41-32-23-15-12-9-6-3;1-4-7-10-13-16-19-22-25-28-31-34-37-40-43-46-49-55(58)61-52-54(63-57(60)51-48-45-42-39-36-33-30-27-24-21-18-15-12-9-6-3)53-62-56(59)50-47-44-41-38-35-32-29-26-23-20-17-14-11-8-5-2/h49-51,54-57H,4-48,52-53H2,1-3H3;25-30,54H,4-24,31-53H2,1-3H3/b;28-25-,29-26-,30-27-. The van der Waals surface area contributed by atoms with Crippen molar-refractivity contribution >= 4 is 54.7 Å². The van der Waals surface area contributed by atoms with Gasteiger partial charge in [-0.25, -0.2) is 0 Å². The van der Waals surface area contributed by atoms with Crippen LogP contribution in [-0.2, 0) is 71.6 Å². The number of hydrogen-bond acceptors (Lipinski definition) is 15. The minimum absolute atomic E-state index is 0.0806. The van der Waals surface area contributed by atoms with E-state index in [1.54, 1.807) is 0 Å². The van der Waals surface area contributed by atoms with Crippen LogP contribution in [0.15, 0.2) is 36.5 Å². The van der Waals surface area contributed by atoms with E-state index in [4.69, 9.17) is 28.4 Å². The SMILES string of the molecule is CCCCCCCC/C=C\CCCCCCCC(=O)OCC(COC(=O)CCCCCCC/C=C\CCCCCCCC)OC(=O)CCCCCCC/C=C\CCCCCCCC.CCCCCCCCCC(C=O)CCCCCCCC(=O)OC(COC(=O)CCCCCCCCC(C=O)CCCCCCCC)COC(=O)CCCCCCCCC(C=O)CCCCCCCC. The van der Waals surface area contributed by atoms with Gasteiger partial charge in [-0.15, -0.1) is 0 Å². The second kappa shape index (κ2) is 110. The van der Waals surface area contributed by atoms with Gasteiger partial charge in [0.05, 0.1) is 0 Å². The molecule has 0 aliphatic carbocycles. The predicted octanol–water partition coefficient (Wildman–Crippen LogP) is 35.1. The Morgan fingerprint density at radius 1 is 0.174 bits per heavy atom. The lowest BCUT2D eigenvalue weighted by Crippen LogP contribution is -2.30. The summed E-state index contributed by atoms with van der Waals surface area (Å²) in [4.78, 5) is 111. The number of allylic oxidation sites excluding steroid dienone is 6. The molecule has 0 bridgehead atoms. The molecule has 3 atom stereocenters. The van der Waals surface area contributed by atoms with Crippen molar-refractivity contribution in [3.05, 3.63) is 36.5 Å². The molecule has 0 aliphatic heterocycles. The van der Waals surface area contributed by atoms with Crippen molar-refractivity contribution in [1.82, 2.24) is 0 Å². The summed E-state index contributed by atoms with van der Waals surface area (Å²) in [6, 6.07) is 0. The van der Waals surface area contributed by atoms with Gasteiger partial charge in [0.15, 0.2) is 12.2 Å². The zero-order valence-electron chi connectivity index (χ0n) is 87.6. The number of esters is 6. The Morgan fingerprint density at radius 2 is 0.311 bits per heavy atom. The van der Waals surface area contributed by atoms with E-state index in [1.807, 2.05) is 0 Å². The third kappa shape index (κ3) is 102. The Balaban J connectivity index is 0. The molecular formula is C117H214O15. The summed E-state index contributed by atoms with van der Waals surface area (Å²) in [6.07, 6.45) is 111. The molecule has 0 saturated carbocycles. The molecule has 0 radical (unpaired) electrons. The molecule has 0 aliphatic rings. The second-order valence-electron chi connectivity index (χ2n) is 39.3. The van der Waals surface area contributed by atoms with Crippen molar-refractivity contribution in [1.29, 1.82) is 0 Å². The molecule has 3 unspecified atom stereocenters. The summed E-state index contributed by atoms with van der Waals surface area (Å²) in [5.41, 5.74) is 0. The monoisotopic (exact) mass is 1860 g/mol. The number of carbonyl (C=O) groups excluding carboxylic acids is 9. The molecule has 0 aromatic carbocycles. The van der Waals surface area contributed by atoms with Crippen LogP contribution >= 0.6 is 0 Å². The zero-order chi connectivity index (χ0) is 96.3. The highest BCUT2D eigenvalue weighted by Crippen LogP contribution is 2.25. The molecule has 0 aromatic rings. The molecule has 0 spiro atoms. The molecule has 0 saturated heterocycles. The van der Waals surface area contributed by atoms with Crippen LogP contribution in [0.4, 0.5) is 0 Å². The Hall–Kier alpha value is -4.95. The summed E-state index contributed by atoms with van der Waals surface area (Å²) in [6.45, 7) is 13.0. The molecular weight excluding hydrogens is 1650 g/mol. The number of carbonyl (C=O) groups is 9. The Labute approximate surface area is 814 Å². The first-order valence-corrected chi connectivity index (χ1v) is 57.2. The lowest BCUT2D eigenvalue weighted by molar-refractivity contribution is -0.167. The number of ether oxygens (including phenoxy) is 6. The fourth-order valence-corrected chi connectivity index (χ4v) is 17.3. The maximum atomic E-state index is 12.9. The van der Waals surface area contributed by atoms with E-state index in [9.17, 15) is 43.2 Å². The van der Waals surface area contributed by atoms with Crippen LogP contribution in [0.3, 0.4) is 0 Å². The zero-order valence-corrected chi connectivity index (χ0v) is 87.6. The van der Waals surface area contributed by atoms with Crippen molar-refractivity contribution < 1.29 is 71.6 Å². The van der Waals surface area contributed by atoms with Crippen LogP contribution < -0.4 is 0 Å². The van der Waals surface area contributed by atoms with E-state index in [-0.39, 0.29) is 99.3 Å². The third-order valence-electron chi connectivity index (χ3n) is 26.2. The van der Waals surface area contributed by atoms with Crippen LogP contribution in [0, 0.1) is 17.8 Å². The lowest BCUT2D eigenvalue weighted by atomic mass is 9.95. The Bertz CT molecular complexity index is 2460. The summed E-state index contributed by atoms with van der Waals surface area (Å²) in [7, 11) is 0. The summed E-state index contributed by atoms with van der Waals surface area (Å²) >= 11 is 0. The average molecular weight is 1860 g/mol. The normalized spacial score (nSPS) is 12.5. The van der Waals surface area contributed by atoms with Crippen molar-refractivity contribution in [3.8, 4) is 0 Å². The summed E-state index contributed by atoms with van der Waals surface area (Å²) < 4.78 is 33.6. The van der Waals surface area contributed by atoms with Crippen molar-refractivity contribution in [2.24, 2.45) is 17.8 Å². The van der Waals surface area contributed by atoms with E-state index < -0.39 is 12.2 Å². The number of rotatable bonds is 106. The van der Waals surface area contributed by atoms with Gasteiger partial charge in [-0.1, -0.05) is 444 Å². The summed E-state index contributed by atoms with van der Waals surface area (Å²) in [5, 5.41) is 0. The van der Waals surface area contributed by atoms with E-state index in [0.717, 1.165) is 256 Å². The first-order valence-electron chi connectivity index (χ1n) is 57.2. The molecule has 0 N–H and O–H groups in total. The second-order valence-corrected chi connectivity index (χ2v) is 39.3. The van der Waals surface area contributed by atoms with E-state index in [1.165, 1.54) is 276 Å². The maximum Gasteiger partial charge on any atom is 0.306 e. The van der Waals surface area contributed by atoms with Gasteiger partial charge in [0, 0.05) is 56.3 Å². The van der Waals surface area contributed by atoms with Crippen LogP contribution in [0.25, 0.3) is 0 Å². The molecule has 0 heterocycles. The molecule has 772 valence electrons. The van der Waals surface area contributed by atoms with Gasteiger partial charge in [-0.05, 0) is 154 Å². The van der Waals surface area contributed by atoms with Crippen molar-refractivity contribution in [2.45, 2.75) is 612 Å². The predicted molar refractivity (Wildman–Crippen MR) is 555 cm³/mol. The van der Waals surface area contributed by atoms with Crippen molar-refractivity contribution in [3.63, 3.8) is 0 Å². The van der Waals surface area contributed by atoms with Gasteiger partial charge in [0.1, 0.15) is 45.3 Å². The molecule has 132 heavy (non-hydrogen) atoms. The van der Waals surface area contributed by atoms with E-state index >= 15 is 0 Å². The lowest BCUT2D eigenvalue weighted by Gasteiger charge is -2.18. The average Bonchev–Trinajstić information content (AvgIpc) is 0.947. The van der Waals surface area contributed by atoms with Crippen molar-refractivity contribution in [2.75, 3.05) is 26.4 Å². The van der Waals surface area contributed by atoms with Crippen LogP contribution in [0.5, 0.6) is 0 Å². The molecule has 0 rings (SSSR count). The van der Waals surface area contributed by atoms with Gasteiger partial charge in [0.2, 0.25) is 0 Å². The smallest absolute Gasteiger partial charge is 0.306 e. The highest BCUT2D eigenvalue weighted by atomic mass is 16.6. The van der Waals surface area contributed by atoms with Crippen LogP contribution in [0.2, 0.25) is 0 Å². The highest BCUT2D eigenvalue weighted by Gasteiger charge is 2.23. The summed E-state index contributed by atoms with van der Waals surface area (Å²) in [5.74, 6) is -1.44. The molecule has 0 fully saturated rings. The van der Waals surface area contributed by atoms with Gasteiger partial charge >= 0.3 is 35.8 Å². The molecule has 0 aromatic heterocycles. The first-order chi connectivity index (χ1) is 64.9. The van der Waals surface area contributed by atoms with E-state index in [0.29, 0.717) is 25.7 Å². The Kier molecular flexibility index (Phi) is 107. The minimum atomic E-state index is -0.852. The minimum Gasteiger partial charge on any atom is -0.462 e. The fraction of sp³-hybridized carbons (Fsp3) is 0.872. The highest BCUT2D eigenvalue weighted by molar-refractivity contribution is 5.72. The van der Waals surface area contributed by atoms with Gasteiger partial charge < -0.3 is 42.8 Å². The van der Waals surface area contributed by atoms with Crippen LogP contribution in [-0.4, -0.2) is 93.3 Å². The fourth-order valence-electron chi connectivity index (χ4n) is 17.3.